The van der Waals surface area contributed by atoms with E-state index in [1.165, 1.54) is 12.5 Å². The van der Waals surface area contributed by atoms with Crippen molar-refractivity contribution in [3.63, 3.8) is 0 Å². The van der Waals surface area contributed by atoms with Crippen molar-refractivity contribution in [2.24, 2.45) is 0 Å². The second-order valence-electron chi connectivity index (χ2n) is 4.35. The molecule has 1 aliphatic rings. The first-order valence-electron chi connectivity index (χ1n) is 6.12. The van der Waals surface area contributed by atoms with Crippen molar-refractivity contribution >= 4 is 5.91 Å². The molecule has 0 saturated heterocycles. The van der Waals surface area contributed by atoms with Crippen molar-refractivity contribution in [2.45, 2.75) is 6.10 Å². The molecule has 0 aliphatic carbocycles. The fourth-order valence-electron chi connectivity index (χ4n) is 1.91. The van der Waals surface area contributed by atoms with Crippen molar-refractivity contribution in [1.82, 2.24) is 5.32 Å². The normalized spacial score (nSPS) is 14.1. The molecule has 1 amide bonds. The van der Waals surface area contributed by atoms with Gasteiger partial charge in [-0.1, -0.05) is 0 Å². The SMILES string of the molecule is O=C(NCC(O)c1ccoc1)c1ccc2c(c1)OCO2. The zero-order valence-corrected chi connectivity index (χ0v) is 10.5. The first kappa shape index (κ1) is 12.6. The Hall–Kier alpha value is -2.47. The summed E-state index contributed by atoms with van der Waals surface area (Å²) in [7, 11) is 0. The number of hydrogen-bond acceptors (Lipinski definition) is 5. The molecule has 6 heteroatoms. The van der Waals surface area contributed by atoms with Gasteiger partial charge < -0.3 is 24.3 Å². The van der Waals surface area contributed by atoms with Crippen LogP contribution in [0.5, 0.6) is 11.5 Å². The molecule has 1 aliphatic heterocycles. The lowest BCUT2D eigenvalue weighted by Gasteiger charge is -2.10. The first-order valence-corrected chi connectivity index (χ1v) is 6.12. The standard InChI is InChI=1S/C14H13NO5/c16-11(10-3-4-18-7-10)6-15-14(17)9-1-2-12-13(5-9)20-8-19-12/h1-5,7,11,16H,6,8H2,(H,15,17). The second-order valence-corrected chi connectivity index (χ2v) is 4.35. The largest absolute Gasteiger partial charge is 0.472 e. The van der Waals surface area contributed by atoms with Crippen LogP contribution < -0.4 is 14.8 Å². The number of furan rings is 1. The number of benzene rings is 1. The van der Waals surface area contributed by atoms with Crippen LogP contribution in [0, 0.1) is 0 Å². The minimum absolute atomic E-state index is 0.104. The number of fused-ring (bicyclic) bond motifs is 1. The Morgan fingerprint density at radius 3 is 2.95 bits per heavy atom. The van der Waals surface area contributed by atoms with E-state index in [2.05, 4.69) is 5.32 Å². The fraction of sp³-hybridized carbons (Fsp3) is 0.214. The number of carbonyl (C=O) groups is 1. The molecule has 0 fully saturated rings. The van der Waals surface area contributed by atoms with Crippen LogP contribution in [0.25, 0.3) is 0 Å². The fourth-order valence-corrected chi connectivity index (χ4v) is 1.91. The molecule has 20 heavy (non-hydrogen) atoms. The topological polar surface area (TPSA) is 80.9 Å². The van der Waals surface area contributed by atoms with Crippen molar-refractivity contribution in [3.8, 4) is 11.5 Å². The maximum Gasteiger partial charge on any atom is 0.251 e. The van der Waals surface area contributed by atoms with Crippen LogP contribution in [0.15, 0.2) is 41.2 Å². The lowest BCUT2D eigenvalue weighted by Crippen LogP contribution is -2.28. The molecule has 0 saturated carbocycles. The molecular weight excluding hydrogens is 262 g/mol. The van der Waals surface area contributed by atoms with Crippen LogP contribution in [0.1, 0.15) is 22.0 Å². The smallest absolute Gasteiger partial charge is 0.251 e. The number of amides is 1. The van der Waals surface area contributed by atoms with Gasteiger partial charge in [0.1, 0.15) is 0 Å². The molecule has 6 nitrogen and oxygen atoms in total. The maximum absolute atomic E-state index is 12.0. The molecule has 2 N–H and O–H groups in total. The number of nitrogens with one attached hydrogen (secondary N) is 1. The molecule has 1 aromatic heterocycles. The van der Waals surface area contributed by atoms with Gasteiger partial charge in [0.05, 0.1) is 18.6 Å². The highest BCUT2D eigenvalue weighted by Crippen LogP contribution is 2.32. The first-order chi connectivity index (χ1) is 9.74. The molecule has 1 aromatic carbocycles. The Morgan fingerprint density at radius 2 is 2.15 bits per heavy atom. The van der Waals surface area contributed by atoms with E-state index >= 15 is 0 Å². The zero-order chi connectivity index (χ0) is 13.9. The van der Waals surface area contributed by atoms with E-state index < -0.39 is 6.10 Å². The number of aliphatic hydroxyl groups excluding tert-OH is 1. The summed E-state index contributed by atoms with van der Waals surface area (Å²) in [6.07, 6.45) is 2.11. The van der Waals surface area contributed by atoms with Crippen molar-refractivity contribution < 1.29 is 23.8 Å². The Labute approximate surface area is 114 Å². The van der Waals surface area contributed by atoms with Gasteiger partial charge in [0.25, 0.3) is 5.91 Å². The van der Waals surface area contributed by atoms with Gasteiger partial charge in [-0.05, 0) is 24.3 Å². The molecule has 1 atom stereocenters. The van der Waals surface area contributed by atoms with Gasteiger partial charge in [0.15, 0.2) is 11.5 Å². The van der Waals surface area contributed by atoms with Crippen LogP contribution in [-0.4, -0.2) is 24.4 Å². The van der Waals surface area contributed by atoms with Gasteiger partial charge in [-0.3, -0.25) is 4.79 Å². The van der Waals surface area contributed by atoms with Crippen LogP contribution >= 0.6 is 0 Å². The Morgan fingerprint density at radius 1 is 1.30 bits per heavy atom. The number of carbonyl (C=O) groups excluding carboxylic acids is 1. The minimum Gasteiger partial charge on any atom is -0.472 e. The predicted octanol–water partition coefficient (Wildman–Crippen LogP) is 1.47. The third-order valence-electron chi connectivity index (χ3n) is 3.02. The molecule has 0 radical (unpaired) electrons. The van der Waals surface area contributed by atoms with Gasteiger partial charge in [0, 0.05) is 17.7 Å². The lowest BCUT2D eigenvalue weighted by molar-refractivity contribution is 0.0915. The Bertz CT molecular complexity index is 608. The molecule has 0 bridgehead atoms. The summed E-state index contributed by atoms with van der Waals surface area (Å²) < 4.78 is 15.3. The summed E-state index contributed by atoms with van der Waals surface area (Å²) in [5.74, 6) is 0.888. The zero-order valence-electron chi connectivity index (χ0n) is 10.5. The second kappa shape index (κ2) is 5.26. The monoisotopic (exact) mass is 275 g/mol. The van der Waals surface area contributed by atoms with Crippen molar-refractivity contribution in [3.05, 3.63) is 47.9 Å². The number of hydrogen-bond donors (Lipinski definition) is 2. The van der Waals surface area contributed by atoms with Crippen molar-refractivity contribution in [1.29, 1.82) is 0 Å². The van der Waals surface area contributed by atoms with E-state index in [9.17, 15) is 9.90 Å². The van der Waals surface area contributed by atoms with Crippen LogP contribution in [0.2, 0.25) is 0 Å². The maximum atomic E-state index is 12.0. The van der Waals surface area contributed by atoms with E-state index in [0.29, 0.717) is 22.6 Å². The minimum atomic E-state index is -0.799. The molecule has 3 rings (SSSR count). The van der Waals surface area contributed by atoms with E-state index in [-0.39, 0.29) is 19.2 Å². The average molecular weight is 275 g/mol. The molecular formula is C14H13NO5. The Balaban J connectivity index is 1.62. The summed E-state index contributed by atoms with van der Waals surface area (Å²) in [6.45, 7) is 0.270. The van der Waals surface area contributed by atoms with Crippen LogP contribution in [0.3, 0.4) is 0 Å². The predicted molar refractivity (Wildman–Crippen MR) is 68.6 cm³/mol. The number of ether oxygens (including phenoxy) is 2. The summed E-state index contributed by atoms with van der Waals surface area (Å²) in [5, 5.41) is 12.5. The van der Waals surface area contributed by atoms with Crippen molar-refractivity contribution in [2.75, 3.05) is 13.3 Å². The van der Waals surface area contributed by atoms with E-state index in [1.54, 1.807) is 24.3 Å². The quantitative estimate of drug-likeness (QED) is 0.883. The highest BCUT2D eigenvalue weighted by Gasteiger charge is 2.17. The summed E-state index contributed by atoms with van der Waals surface area (Å²) >= 11 is 0. The average Bonchev–Trinajstić information content (AvgIpc) is 3.13. The number of aliphatic hydroxyl groups is 1. The third-order valence-corrected chi connectivity index (χ3v) is 3.02. The van der Waals surface area contributed by atoms with Gasteiger partial charge in [-0.25, -0.2) is 0 Å². The third kappa shape index (κ3) is 2.46. The van der Waals surface area contributed by atoms with E-state index in [4.69, 9.17) is 13.9 Å². The van der Waals surface area contributed by atoms with E-state index in [1.807, 2.05) is 0 Å². The molecule has 104 valence electrons. The molecule has 1 unspecified atom stereocenters. The van der Waals surface area contributed by atoms with Crippen LogP contribution in [-0.2, 0) is 0 Å². The number of rotatable bonds is 4. The van der Waals surface area contributed by atoms with Gasteiger partial charge >= 0.3 is 0 Å². The highest BCUT2D eigenvalue weighted by atomic mass is 16.7. The van der Waals surface area contributed by atoms with Gasteiger partial charge in [-0.2, -0.15) is 0 Å². The summed E-state index contributed by atoms with van der Waals surface area (Å²) in [5.41, 5.74) is 1.07. The van der Waals surface area contributed by atoms with Crippen LogP contribution in [0.4, 0.5) is 0 Å². The summed E-state index contributed by atoms with van der Waals surface area (Å²) in [4.78, 5) is 12.0. The Kier molecular flexibility index (Phi) is 3.30. The highest BCUT2D eigenvalue weighted by molar-refractivity contribution is 5.94. The lowest BCUT2D eigenvalue weighted by atomic mass is 10.1. The molecule has 2 heterocycles. The van der Waals surface area contributed by atoms with Gasteiger partial charge in [-0.15, -0.1) is 0 Å². The van der Waals surface area contributed by atoms with Gasteiger partial charge in [0.2, 0.25) is 6.79 Å². The summed E-state index contributed by atoms with van der Waals surface area (Å²) in [6, 6.07) is 6.59. The molecule has 0 spiro atoms. The molecule has 2 aromatic rings. The van der Waals surface area contributed by atoms with E-state index in [0.717, 1.165) is 0 Å².